The second-order valence-corrected chi connectivity index (χ2v) is 5.74. The van der Waals surface area contributed by atoms with Crippen molar-refractivity contribution in [3.05, 3.63) is 0 Å². The van der Waals surface area contributed by atoms with Gasteiger partial charge in [-0.05, 0) is 12.3 Å². The molecule has 1 rings (SSSR count). The van der Waals surface area contributed by atoms with Crippen molar-refractivity contribution in [2.45, 2.75) is 65.6 Å². The molecule has 1 unspecified atom stereocenters. The van der Waals surface area contributed by atoms with Gasteiger partial charge in [0.25, 0.3) is 11.8 Å². The van der Waals surface area contributed by atoms with Crippen molar-refractivity contribution in [3.63, 3.8) is 0 Å². The van der Waals surface area contributed by atoms with E-state index < -0.39 is 30.3 Å². The molecule has 0 aromatic rings. The molecule has 1 aliphatic carbocycles. The zero-order valence-corrected chi connectivity index (χ0v) is 10.0. The van der Waals surface area contributed by atoms with E-state index in [1.54, 1.807) is 6.92 Å². The van der Waals surface area contributed by atoms with E-state index in [0.29, 0.717) is 0 Å². The number of hydrogen-bond donors (Lipinski definition) is 1. The zero-order chi connectivity index (χ0) is 12.8. The lowest BCUT2D eigenvalue weighted by atomic mass is 9.77. The fourth-order valence-corrected chi connectivity index (χ4v) is 1.47. The lowest BCUT2D eigenvalue weighted by Crippen LogP contribution is -2.60. The molecule has 0 spiro atoms. The van der Waals surface area contributed by atoms with Gasteiger partial charge in [0.05, 0.1) is 12.8 Å². The normalized spacial score (nSPS) is 23.0. The number of amides is 1. The number of hydrogen-bond acceptors (Lipinski definition) is 1. The largest absolute Gasteiger partial charge is 0.350 e. The maximum atomic E-state index is 13.7. The van der Waals surface area contributed by atoms with Crippen LogP contribution in [0.3, 0.4) is 0 Å². The van der Waals surface area contributed by atoms with Gasteiger partial charge in [-0.25, -0.2) is 13.2 Å². The molecule has 2 nitrogen and oxygen atoms in total. The Morgan fingerprint density at radius 1 is 1.24 bits per heavy atom. The van der Waals surface area contributed by atoms with Crippen molar-refractivity contribution in [2.75, 3.05) is 0 Å². The number of rotatable bonds is 2. The van der Waals surface area contributed by atoms with Crippen LogP contribution in [0.4, 0.5) is 13.2 Å². The Hall–Kier alpha value is -0.740. The molecule has 1 N–H and O–H groups in total. The van der Waals surface area contributed by atoms with Crippen molar-refractivity contribution in [3.8, 4) is 0 Å². The van der Waals surface area contributed by atoms with Crippen molar-refractivity contribution >= 4 is 5.91 Å². The highest BCUT2D eigenvalue weighted by Gasteiger charge is 2.62. The zero-order valence-electron chi connectivity index (χ0n) is 10.0. The molecule has 1 atom stereocenters. The third kappa shape index (κ3) is 3.61. The van der Waals surface area contributed by atoms with Crippen molar-refractivity contribution < 1.29 is 18.0 Å². The quantitative estimate of drug-likeness (QED) is 0.803. The van der Waals surface area contributed by atoms with E-state index >= 15 is 0 Å². The molecule has 0 aromatic heterocycles. The standard InChI is InChI=1S/C11H18F3NO.CH4/c1-7(9(2,3)4)15-8(16)10(12)5-11(13,14)6-10;/h7H,5-6H2,1-4H3,(H,15,16);1H4. The van der Waals surface area contributed by atoms with E-state index in [1.807, 2.05) is 20.8 Å². The Kier molecular flexibility index (Phi) is 4.30. The number of halogens is 3. The van der Waals surface area contributed by atoms with Gasteiger partial charge >= 0.3 is 0 Å². The van der Waals surface area contributed by atoms with Crippen LogP contribution >= 0.6 is 0 Å². The predicted octanol–water partition coefficient (Wildman–Crippen LogP) is 3.31. The minimum absolute atomic E-state index is 0. The van der Waals surface area contributed by atoms with Crippen LogP contribution in [-0.4, -0.2) is 23.5 Å². The van der Waals surface area contributed by atoms with Crippen molar-refractivity contribution in [1.29, 1.82) is 0 Å². The van der Waals surface area contributed by atoms with Gasteiger partial charge in [-0.3, -0.25) is 4.79 Å². The van der Waals surface area contributed by atoms with Gasteiger partial charge in [0.2, 0.25) is 0 Å². The number of carbonyl (C=O) groups excluding carboxylic acids is 1. The van der Waals surface area contributed by atoms with Crippen LogP contribution in [0.5, 0.6) is 0 Å². The molecule has 5 heteroatoms. The van der Waals surface area contributed by atoms with Gasteiger partial charge in [0.15, 0.2) is 5.67 Å². The van der Waals surface area contributed by atoms with Gasteiger partial charge in [0, 0.05) is 6.04 Å². The Morgan fingerprint density at radius 3 is 1.94 bits per heavy atom. The highest BCUT2D eigenvalue weighted by molar-refractivity contribution is 5.86. The summed E-state index contributed by atoms with van der Waals surface area (Å²) in [5.74, 6) is -3.95. The first-order chi connectivity index (χ1) is 6.96. The average molecular weight is 253 g/mol. The van der Waals surface area contributed by atoms with Crippen molar-refractivity contribution in [2.24, 2.45) is 5.41 Å². The molecule has 1 aliphatic rings. The smallest absolute Gasteiger partial charge is 0.258 e. The van der Waals surface area contributed by atoms with Crippen LogP contribution < -0.4 is 5.32 Å². The van der Waals surface area contributed by atoms with Crippen LogP contribution in [0.25, 0.3) is 0 Å². The van der Waals surface area contributed by atoms with Gasteiger partial charge in [-0.1, -0.05) is 28.2 Å². The summed E-state index contributed by atoms with van der Waals surface area (Å²) < 4.78 is 38.7. The molecular formula is C12H22F3NO. The van der Waals surface area contributed by atoms with E-state index in [4.69, 9.17) is 0 Å². The summed E-state index contributed by atoms with van der Waals surface area (Å²) in [6.07, 6.45) is -1.99. The summed E-state index contributed by atoms with van der Waals surface area (Å²) in [6, 6.07) is -0.262. The number of nitrogens with one attached hydrogen (secondary N) is 1. The minimum Gasteiger partial charge on any atom is -0.350 e. The summed E-state index contributed by atoms with van der Waals surface area (Å²) in [6.45, 7) is 7.40. The molecule has 0 heterocycles. The van der Waals surface area contributed by atoms with E-state index in [1.165, 1.54) is 0 Å². The topological polar surface area (TPSA) is 29.1 Å². The van der Waals surface area contributed by atoms with Gasteiger partial charge in [-0.2, -0.15) is 0 Å². The summed E-state index contributed by atoms with van der Waals surface area (Å²) in [4.78, 5) is 11.5. The first-order valence-corrected chi connectivity index (χ1v) is 5.34. The maximum absolute atomic E-state index is 13.7. The lowest BCUT2D eigenvalue weighted by molar-refractivity contribution is -0.185. The summed E-state index contributed by atoms with van der Waals surface area (Å²) in [5, 5.41) is 2.45. The number of alkyl halides is 3. The van der Waals surface area contributed by atoms with Crippen LogP contribution in [-0.2, 0) is 4.79 Å². The van der Waals surface area contributed by atoms with Gasteiger partial charge in [0.1, 0.15) is 0 Å². The Bertz CT molecular complexity index is 289. The summed E-state index contributed by atoms with van der Waals surface area (Å²) in [5.41, 5.74) is -2.61. The summed E-state index contributed by atoms with van der Waals surface area (Å²) in [7, 11) is 0. The molecule has 0 saturated heterocycles. The Morgan fingerprint density at radius 2 is 1.65 bits per heavy atom. The molecule has 0 aromatic carbocycles. The highest BCUT2D eigenvalue weighted by atomic mass is 19.3. The van der Waals surface area contributed by atoms with Crippen molar-refractivity contribution in [1.82, 2.24) is 5.32 Å². The van der Waals surface area contributed by atoms with E-state index in [-0.39, 0.29) is 18.9 Å². The van der Waals surface area contributed by atoms with E-state index in [0.717, 1.165) is 0 Å². The molecule has 0 aliphatic heterocycles. The first kappa shape index (κ1) is 16.3. The average Bonchev–Trinajstić information content (AvgIpc) is 1.98. The van der Waals surface area contributed by atoms with Crippen LogP contribution in [0.2, 0.25) is 0 Å². The number of carbonyl (C=O) groups is 1. The van der Waals surface area contributed by atoms with Crippen LogP contribution in [0.1, 0.15) is 48.0 Å². The van der Waals surface area contributed by atoms with Gasteiger partial charge < -0.3 is 5.32 Å². The molecular weight excluding hydrogens is 231 g/mol. The molecule has 102 valence electrons. The predicted molar refractivity (Wildman–Crippen MR) is 61.8 cm³/mol. The third-order valence-electron chi connectivity index (χ3n) is 3.13. The first-order valence-electron chi connectivity index (χ1n) is 5.34. The van der Waals surface area contributed by atoms with E-state index in [9.17, 15) is 18.0 Å². The Balaban J connectivity index is 0.00000256. The SMILES string of the molecule is C.CC(NC(=O)C1(F)CC(F)(F)C1)C(C)(C)C. The summed E-state index contributed by atoms with van der Waals surface area (Å²) >= 11 is 0. The lowest BCUT2D eigenvalue weighted by Gasteiger charge is -2.41. The van der Waals surface area contributed by atoms with Gasteiger partial charge in [-0.15, -0.1) is 0 Å². The maximum Gasteiger partial charge on any atom is 0.258 e. The third-order valence-corrected chi connectivity index (χ3v) is 3.13. The molecule has 1 fully saturated rings. The monoisotopic (exact) mass is 253 g/mol. The molecule has 1 saturated carbocycles. The fourth-order valence-electron chi connectivity index (χ4n) is 1.47. The minimum atomic E-state index is -3.03. The highest BCUT2D eigenvalue weighted by Crippen LogP contribution is 2.48. The Labute approximate surface area is 101 Å². The van der Waals surface area contributed by atoms with E-state index in [2.05, 4.69) is 5.32 Å². The molecule has 0 bridgehead atoms. The second kappa shape index (κ2) is 4.50. The van der Waals surface area contributed by atoms with Crippen LogP contribution in [0, 0.1) is 5.41 Å². The molecule has 17 heavy (non-hydrogen) atoms. The molecule has 0 radical (unpaired) electrons. The van der Waals surface area contributed by atoms with Crippen LogP contribution in [0.15, 0.2) is 0 Å². The fraction of sp³-hybridized carbons (Fsp3) is 0.917. The molecule has 1 amide bonds. The second-order valence-electron chi connectivity index (χ2n) is 5.74.